The van der Waals surface area contributed by atoms with Crippen LogP contribution in [-0.4, -0.2) is 39.5 Å². The number of aryl methyl sites for hydroxylation is 1. The molecule has 1 fully saturated rings. The first-order valence-corrected chi connectivity index (χ1v) is 8.16. The largest absolute Gasteiger partial charge is 0.369 e. The van der Waals surface area contributed by atoms with E-state index in [1.165, 1.54) is 17.0 Å². The molecule has 0 radical (unpaired) electrons. The molecule has 1 aromatic carbocycles. The summed E-state index contributed by atoms with van der Waals surface area (Å²) >= 11 is 0. The van der Waals surface area contributed by atoms with Crippen LogP contribution in [0.15, 0.2) is 41.3 Å². The smallest absolute Gasteiger partial charge is 0.251 e. The number of nitrogens with zero attached hydrogens (tertiary/aromatic N) is 2. The number of H-pyrrole nitrogens is 2. The van der Waals surface area contributed by atoms with Crippen molar-refractivity contribution < 1.29 is 4.74 Å². The zero-order valence-corrected chi connectivity index (χ0v) is 13.6. The zero-order chi connectivity index (χ0) is 16.5. The summed E-state index contributed by atoms with van der Waals surface area (Å²) in [6.45, 7) is 4.90. The SMILES string of the molecule is Cc1nc([C@H]2CN(Cc3cccc4[nH]ccc34)CCO2)cc(=O)[nH]1. The second-order valence-corrected chi connectivity index (χ2v) is 6.21. The second kappa shape index (κ2) is 6.22. The van der Waals surface area contributed by atoms with Crippen LogP contribution in [0.1, 0.15) is 23.2 Å². The van der Waals surface area contributed by atoms with Gasteiger partial charge in [0.2, 0.25) is 0 Å². The molecule has 0 bridgehead atoms. The van der Waals surface area contributed by atoms with Crippen LogP contribution in [-0.2, 0) is 11.3 Å². The topological polar surface area (TPSA) is 74.0 Å². The number of rotatable bonds is 3. The van der Waals surface area contributed by atoms with Crippen LogP contribution in [0, 0.1) is 6.92 Å². The highest BCUT2D eigenvalue weighted by atomic mass is 16.5. The summed E-state index contributed by atoms with van der Waals surface area (Å²) in [6.07, 6.45) is 1.81. The number of aromatic nitrogens is 3. The number of benzene rings is 1. The van der Waals surface area contributed by atoms with Crippen LogP contribution in [0.3, 0.4) is 0 Å². The number of hydrogen-bond donors (Lipinski definition) is 2. The molecule has 4 rings (SSSR count). The second-order valence-electron chi connectivity index (χ2n) is 6.21. The Morgan fingerprint density at radius 1 is 1.38 bits per heavy atom. The zero-order valence-electron chi connectivity index (χ0n) is 13.6. The number of nitrogens with one attached hydrogen (secondary N) is 2. The van der Waals surface area contributed by atoms with E-state index in [0.29, 0.717) is 18.1 Å². The third-order valence-electron chi connectivity index (χ3n) is 4.44. The molecule has 1 atom stereocenters. The highest BCUT2D eigenvalue weighted by Crippen LogP contribution is 2.24. The number of morpholine rings is 1. The Balaban J connectivity index is 1.54. The van der Waals surface area contributed by atoms with Crippen LogP contribution < -0.4 is 5.56 Å². The van der Waals surface area contributed by atoms with Gasteiger partial charge in [0.15, 0.2) is 0 Å². The third kappa shape index (κ3) is 2.98. The van der Waals surface area contributed by atoms with E-state index in [0.717, 1.165) is 25.2 Å². The average Bonchev–Trinajstić information content (AvgIpc) is 3.04. The van der Waals surface area contributed by atoms with E-state index in [4.69, 9.17) is 4.74 Å². The monoisotopic (exact) mass is 324 g/mol. The van der Waals surface area contributed by atoms with Crippen molar-refractivity contribution in [1.82, 2.24) is 19.9 Å². The average molecular weight is 324 g/mol. The minimum absolute atomic E-state index is 0.129. The summed E-state index contributed by atoms with van der Waals surface area (Å²) in [4.78, 5) is 24.4. The molecule has 2 aromatic heterocycles. The maximum atomic E-state index is 11.7. The maximum absolute atomic E-state index is 11.7. The number of aromatic amines is 2. The van der Waals surface area contributed by atoms with Gasteiger partial charge >= 0.3 is 0 Å². The molecule has 0 saturated carbocycles. The molecule has 1 saturated heterocycles. The van der Waals surface area contributed by atoms with E-state index in [-0.39, 0.29) is 11.7 Å². The summed E-state index contributed by atoms with van der Waals surface area (Å²) in [6, 6.07) is 9.98. The first-order valence-electron chi connectivity index (χ1n) is 8.16. The van der Waals surface area contributed by atoms with E-state index in [1.807, 2.05) is 6.20 Å². The lowest BCUT2D eigenvalue weighted by molar-refractivity contribution is -0.0350. The van der Waals surface area contributed by atoms with Crippen molar-refractivity contribution >= 4 is 10.9 Å². The van der Waals surface area contributed by atoms with E-state index in [9.17, 15) is 4.79 Å². The number of ether oxygens (including phenoxy) is 1. The lowest BCUT2D eigenvalue weighted by Gasteiger charge is -2.32. The van der Waals surface area contributed by atoms with Crippen molar-refractivity contribution in [3.05, 3.63) is 64.0 Å². The Kier molecular flexibility index (Phi) is 3.92. The summed E-state index contributed by atoms with van der Waals surface area (Å²) in [5, 5.41) is 1.26. The van der Waals surface area contributed by atoms with Crippen LogP contribution in [0.5, 0.6) is 0 Å². The van der Waals surface area contributed by atoms with Crippen LogP contribution in [0.2, 0.25) is 0 Å². The maximum Gasteiger partial charge on any atom is 0.251 e. The van der Waals surface area contributed by atoms with Crippen LogP contribution in [0.25, 0.3) is 10.9 Å². The van der Waals surface area contributed by atoms with Crippen molar-refractivity contribution in [1.29, 1.82) is 0 Å². The number of hydrogen-bond acceptors (Lipinski definition) is 4. The minimum atomic E-state index is -0.162. The van der Waals surface area contributed by atoms with Gasteiger partial charge in [-0.1, -0.05) is 12.1 Å². The molecule has 0 spiro atoms. The van der Waals surface area contributed by atoms with Gasteiger partial charge in [0.25, 0.3) is 5.56 Å². The van der Waals surface area contributed by atoms with Crippen molar-refractivity contribution in [2.75, 3.05) is 19.7 Å². The van der Waals surface area contributed by atoms with Crippen molar-refractivity contribution in [2.24, 2.45) is 0 Å². The molecule has 0 unspecified atom stereocenters. The highest BCUT2D eigenvalue weighted by molar-refractivity contribution is 5.82. The predicted octanol–water partition coefficient (Wildman–Crippen LogP) is 2.13. The standard InChI is InChI=1S/C18H20N4O2/c1-12-20-16(9-18(23)21-12)17-11-22(7-8-24-17)10-13-3-2-4-15-14(13)5-6-19-15/h2-6,9,17,19H,7-8,10-11H2,1H3,(H,20,21,23)/t17-/m1/s1. The quantitative estimate of drug-likeness (QED) is 0.774. The summed E-state index contributed by atoms with van der Waals surface area (Å²) < 4.78 is 5.85. The first kappa shape index (κ1) is 15.1. The highest BCUT2D eigenvalue weighted by Gasteiger charge is 2.24. The molecule has 24 heavy (non-hydrogen) atoms. The Morgan fingerprint density at radius 2 is 2.29 bits per heavy atom. The molecule has 3 heterocycles. The van der Waals surface area contributed by atoms with Gasteiger partial charge in [-0.3, -0.25) is 9.69 Å². The molecule has 0 aliphatic carbocycles. The first-order chi connectivity index (χ1) is 11.7. The van der Waals surface area contributed by atoms with E-state index in [2.05, 4.69) is 44.1 Å². The van der Waals surface area contributed by atoms with Crippen molar-refractivity contribution in [3.63, 3.8) is 0 Å². The van der Waals surface area contributed by atoms with Gasteiger partial charge in [0.05, 0.1) is 12.3 Å². The summed E-state index contributed by atoms with van der Waals surface area (Å²) in [5.41, 5.74) is 3.03. The fourth-order valence-electron chi connectivity index (χ4n) is 3.32. The fraction of sp³-hybridized carbons (Fsp3) is 0.333. The van der Waals surface area contributed by atoms with Gasteiger partial charge in [0, 0.05) is 42.8 Å². The normalized spacial score (nSPS) is 19.0. The lowest BCUT2D eigenvalue weighted by atomic mass is 10.1. The summed E-state index contributed by atoms with van der Waals surface area (Å²) in [7, 11) is 0. The molecular formula is C18H20N4O2. The van der Waals surface area contributed by atoms with Gasteiger partial charge in [0.1, 0.15) is 11.9 Å². The van der Waals surface area contributed by atoms with Crippen LogP contribution >= 0.6 is 0 Å². The summed E-state index contributed by atoms with van der Waals surface area (Å²) in [5.74, 6) is 0.621. The predicted molar refractivity (Wildman–Crippen MR) is 91.9 cm³/mol. The Labute approximate surface area is 139 Å². The lowest BCUT2D eigenvalue weighted by Crippen LogP contribution is -2.38. The van der Waals surface area contributed by atoms with Crippen LogP contribution in [0.4, 0.5) is 0 Å². The molecule has 3 aromatic rings. The van der Waals surface area contributed by atoms with Gasteiger partial charge in [-0.15, -0.1) is 0 Å². The van der Waals surface area contributed by atoms with Crippen molar-refractivity contribution in [2.45, 2.75) is 19.6 Å². The fourth-order valence-corrected chi connectivity index (χ4v) is 3.32. The van der Waals surface area contributed by atoms with Gasteiger partial charge in [-0.05, 0) is 24.6 Å². The third-order valence-corrected chi connectivity index (χ3v) is 4.44. The molecule has 0 amide bonds. The van der Waals surface area contributed by atoms with E-state index >= 15 is 0 Å². The Hall–Kier alpha value is -2.44. The molecule has 2 N–H and O–H groups in total. The molecule has 1 aliphatic heterocycles. The molecule has 6 heteroatoms. The molecule has 124 valence electrons. The van der Waals surface area contributed by atoms with E-state index in [1.54, 1.807) is 6.92 Å². The minimum Gasteiger partial charge on any atom is -0.369 e. The van der Waals surface area contributed by atoms with Crippen molar-refractivity contribution in [3.8, 4) is 0 Å². The Morgan fingerprint density at radius 3 is 3.17 bits per heavy atom. The molecule has 6 nitrogen and oxygen atoms in total. The van der Waals surface area contributed by atoms with E-state index < -0.39 is 0 Å². The Bertz CT molecular complexity index is 915. The van der Waals surface area contributed by atoms with Gasteiger partial charge in [-0.25, -0.2) is 4.98 Å². The molecular weight excluding hydrogens is 304 g/mol. The molecule has 1 aliphatic rings. The van der Waals surface area contributed by atoms with Gasteiger partial charge < -0.3 is 14.7 Å². The van der Waals surface area contributed by atoms with Gasteiger partial charge in [-0.2, -0.15) is 0 Å². The number of fused-ring (bicyclic) bond motifs is 1.